The van der Waals surface area contributed by atoms with E-state index >= 15 is 0 Å². The van der Waals surface area contributed by atoms with Crippen molar-refractivity contribution in [2.75, 3.05) is 5.32 Å². The summed E-state index contributed by atoms with van der Waals surface area (Å²) >= 11 is 24.5. The quantitative estimate of drug-likeness (QED) is 0.507. The first-order valence-corrected chi connectivity index (χ1v) is 10.3. The monoisotopic (exact) mass is 454 g/mol. The number of anilines is 1. The normalized spacial score (nSPS) is 12.9. The highest BCUT2D eigenvalue weighted by molar-refractivity contribution is 6.42. The van der Waals surface area contributed by atoms with Gasteiger partial charge >= 0.3 is 0 Å². The van der Waals surface area contributed by atoms with E-state index in [4.69, 9.17) is 46.4 Å². The van der Waals surface area contributed by atoms with Crippen LogP contribution in [-0.2, 0) is 24.3 Å². The summed E-state index contributed by atoms with van der Waals surface area (Å²) < 4.78 is 4.18. The molecule has 0 radical (unpaired) electrons. The molecule has 0 spiro atoms. The van der Waals surface area contributed by atoms with Crippen molar-refractivity contribution in [3.05, 3.63) is 68.5 Å². The van der Waals surface area contributed by atoms with Crippen molar-refractivity contribution in [1.82, 2.24) is 4.57 Å². The molecule has 8 heteroatoms. The van der Waals surface area contributed by atoms with Gasteiger partial charge in [0, 0.05) is 5.56 Å². The zero-order valence-corrected chi connectivity index (χ0v) is 17.7. The maximum Gasteiger partial charge on any atom is 0.266 e. The summed E-state index contributed by atoms with van der Waals surface area (Å²) in [6.07, 6.45) is 3.91. The first-order valence-electron chi connectivity index (χ1n) is 8.75. The van der Waals surface area contributed by atoms with Gasteiger partial charge in [-0.25, -0.2) is 9.13 Å². The Kier molecular flexibility index (Phi) is 5.57. The minimum atomic E-state index is -0.194. The third-order valence-corrected chi connectivity index (χ3v) is 6.12. The lowest BCUT2D eigenvalue weighted by molar-refractivity contribution is -0.690. The van der Waals surface area contributed by atoms with E-state index in [1.165, 1.54) is 0 Å². The van der Waals surface area contributed by atoms with E-state index in [-0.39, 0.29) is 12.5 Å². The lowest BCUT2D eigenvalue weighted by Gasteiger charge is -2.08. The Morgan fingerprint density at radius 2 is 1.79 bits per heavy atom. The highest BCUT2D eigenvalue weighted by Gasteiger charge is 2.30. The summed E-state index contributed by atoms with van der Waals surface area (Å²) in [5.74, 6) is 0.905. The molecule has 0 aliphatic carbocycles. The Hall–Kier alpha value is -1.72. The molecule has 0 unspecified atom stereocenters. The fourth-order valence-electron chi connectivity index (χ4n) is 3.48. The molecule has 2 aromatic carbocycles. The Bertz CT molecular complexity index is 1060. The number of benzene rings is 2. The summed E-state index contributed by atoms with van der Waals surface area (Å²) in [4.78, 5) is 12.6. The van der Waals surface area contributed by atoms with Crippen LogP contribution < -0.4 is 9.88 Å². The molecule has 2 heterocycles. The van der Waals surface area contributed by atoms with Crippen molar-refractivity contribution in [2.24, 2.45) is 0 Å². The second kappa shape index (κ2) is 7.96. The number of amides is 1. The van der Waals surface area contributed by atoms with E-state index in [1.54, 1.807) is 24.3 Å². The Morgan fingerprint density at radius 1 is 1.04 bits per heavy atom. The third kappa shape index (κ3) is 3.74. The summed E-state index contributed by atoms with van der Waals surface area (Å²) in [5.41, 5.74) is 2.40. The van der Waals surface area contributed by atoms with Gasteiger partial charge in [0.25, 0.3) is 11.7 Å². The minimum Gasteiger partial charge on any atom is -0.320 e. The van der Waals surface area contributed by atoms with Crippen molar-refractivity contribution in [2.45, 2.75) is 25.9 Å². The lowest BCUT2D eigenvalue weighted by atomic mass is 10.1. The van der Waals surface area contributed by atoms with Gasteiger partial charge < -0.3 is 5.32 Å². The number of imidazole rings is 1. The molecule has 1 amide bonds. The largest absolute Gasteiger partial charge is 0.320 e. The maximum atomic E-state index is 12.6. The van der Waals surface area contributed by atoms with Crippen molar-refractivity contribution < 1.29 is 9.36 Å². The van der Waals surface area contributed by atoms with Gasteiger partial charge in [-0.15, -0.1) is 0 Å². The molecule has 4 nitrogen and oxygen atoms in total. The van der Waals surface area contributed by atoms with Crippen molar-refractivity contribution in [3.63, 3.8) is 0 Å². The molecule has 0 saturated carbocycles. The molecule has 0 saturated heterocycles. The van der Waals surface area contributed by atoms with Gasteiger partial charge in [-0.1, -0.05) is 52.5 Å². The van der Waals surface area contributed by atoms with Crippen LogP contribution in [0.2, 0.25) is 20.1 Å². The number of para-hydroxylation sites is 1. The average Bonchev–Trinajstić information content (AvgIpc) is 3.25. The van der Waals surface area contributed by atoms with Gasteiger partial charge in [-0.05, 0) is 36.8 Å². The number of aromatic nitrogens is 2. The molecule has 144 valence electrons. The third-order valence-electron chi connectivity index (χ3n) is 4.75. The molecule has 1 N–H and O–H groups in total. The minimum absolute atomic E-state index is 0.165. The van der Waals surface area contributed by atoms with E-state index < -0.39 is 0 Å². The standard InChI is InChI=1S/C20H15Cl4N3O/c21-13-7-6-12(9-16(13)24)17-10-26(19-5-2-8-27(17)19)11-18(28)25-20-14(22)3-1-4-15(20)23/h1,3-4,6-7,9-10H,2,5,8,11H2/p+1. The number of halogens is 4. The fourth-order valence-corrected chi connectivity index (χ4v) is 4.27. The Labute approximate surface area is 182 Å². The molecule has 1 aliphatic heterocycles. The SMILES string of the molecule is O=C(C[n+]1cc(-c2ccc(Cl)c(Cl)c2)n2c1CCC2)Nc1c(Cl)cccc1Cl. The first kappa shape index (κ1) is 19.6. The average molecular weight is 456 g/mol. The molecule has 0 bridgehead atoms. The van der Waals surface area contributed by atoms with E-state index in [9.17, 15) is 4.79 Å². The highest BCUT2D eigenvalue weighted by atomic mass is 35.5. The van der Waals surface area contributed by atoms with Crippen molar-refractivity contribution in [3.8, 4) is 11.3 Å². The first-order chi connectivity index (χ1) is 13.4. The number of carbonyl (C=O) groups excluding carboxylic acids is 1. The van der Waals surface area contributed by atoms with Crippen LogP contribution >= 0.6 is 46.4 Å². The number of nitrogens with one attached hydrogen (secondary N) is 1. The van der Waals surface area contributed by atoms with Crippen LogP contribution in [-0.4, -0.2) is 10.5 Å². The summed E-state index contributed by atoms with van der Waals surface area (Å²) in [5, 5.41) is 4.65. The molecule has 1 aliphatic rings. The van der Waals surface area contributed by atoms with E-state index in [2.05, 4.69) is 9.88 Å². The highest BCUT2D eigenvalue weighted by Crippen LogP contribution is 2.31. The van der Waals surface area contributed by atoms with Crippen LogP contribution in [0, 0.1) is 0 Å². The number of hydrogen-bond acceptors (Lipinski definition) is 1. The van der Waals surface area contributed by atoms with Gasteiger partial charge in [0.05, 0.1) is 38.7 Å². The van der Waals surface area contributed by atoms with Crippen molar-refractivity contribution in [1.29, 1.82) is 0 Å². The van der Waals surface area contributed by atoms with Crippen LogP contribution in [0.25, 0.3) is 11.3 Å². The van der Waals surface area contributed by atoms with Crippen LogP contribution in [0.4, 0.5) is 5.69 Å². The molecule has 28 heavy (non-hydrogen) atoms. The zero-order chi connectivity index (χ0) is 19.8. The maximum absolute atomic E-state index is 12.6. The van der Waals surface area contributed by atoms with E-state index in [0.29, 0.717) is 25.8 Å². The number of rotatable bonds is 4. The van der Waals surface area contributed by atoms with Crippen LogP contribution in [0.3, 0.4) is 0 Å². The molecular formula is C20H16Cl4N3O+. The van der Waals surface area contributed by atoms with E-state index in [1.807, 2.05) is 22.9 Å². The summed E-state index contributed by atoms with van der Waals surface area (Å²) in [6.45, 7) is 1.06. The second-order valence-corrected chi connectivity index (χ2v) is 8.22. The molecule has 1 aromatic heterocycles. The number of hydrogen-bond donors (Lipinski definition) is 1. The van der Waals surface area contributed by atoms with Crippen LogP contribution in [0.15, 0.2) is 42.6 Å². The number of fused-ring (bicyclic) bond motifs is 1. The smallest absolute Gasteiger partial charge is 0.266 e. The second-order valence-electron chi connectivity index (χ2n) is 6.59. The molecule has 3 aromatic rings. The van der Waals surface area contributed by atoms with Crippen LogP contribution in [0.5, 0.6) is 0 Å². The molecule has 4 rings (SSSR count). The lowest BCUT2D eigenvalue weighted by Crippen LogP contribution is -2.42. The topological polar surface area (TPSA) is 37.9 Å². The van der Waals surface area contributed by atoms with Gasteiger partial charge in [0.15, 0.2) is 12.2 Å². The number of carbonyl (C=O) groups is 1. The van der Waals surface area contributed by atoms with Gasteiger partial charge in [0.2, 0.25) is 0 Å². The van der Waals surface area contributed by atoms with Gasteiger partial charge in [-0.2, -0.15) is 0 Å². The molecule has 0 atom stereocenters. The fraction of sp³-hybridized carbons (Fsp3) is 0.200. The van der Waals surface area contributed by atoms with Crippen LogP contribution in [0.1, 0.15) is 12.2 Å². The van der Waals surface area contributed by atoms with Gasteiger partial charge in [-0.3, -0.25) is 4.79 Å². The summed E-state index contributed by atoms with van der Waals surface area (Å²) in [7, 11) is 0. The molecule has 0 fully saturated rings. The molecular weight excluding hydrogens is 440 g/mol. The number of nitrogens with zero attached hydrogens (tertiary/aromatic N) is 2. The Balaban J connectivity index is 1.62. The summed E-state index contributed by atoms with van der Waals surface area (Å²) in [6, 6.07) is 10.7. The van der Waals surface area contributed by atoms with Crippen molar-refractivity contribution >= 4 is 58.0 Å². The predicted octanol–water partition coefficient (Wildman–Crippen LogP) is 5.64. The van der Waals surface area contributed by atoms with Gasteiger partial charge in [0.1, 0.15) is 6.20 Å². The Morgan fingerprint density at radius 3 is 2.50 bits per heavy atom. The predicted molar refractivity (Wildman–Crippen MR) is 113 cm³/mol. The zero-order valence-electron chi connectivity index (χ0n) is 14.7. The van der Waals surface area contributed by atoms with E-state index in [0.717, 1.165) is 36.5 Å².